The number of halogens is 2. The van der Waals surface area contributed by atoms with Gasteiger partial charge in [0.25, 0.3) is 5.69 Å². The van der Waals surface area contributed by atoms with Crippen LogP contribution in [0.1, 0.15) is 11.1 Å². The highest BCUT2D eigenvalue weighted by atomic mass is 35.5. The van der Waals surface area contributed by atoms with Crippen LogP contribution in [0.4, 0.5) is 22.7 Å². The average Bonchev–Trinajstić information content (AvgIpc) is 3.49. The van der Waals surface area contributed by atoms with Gasteiger partial charge in [0.2, 0.25) is 11.8 Å². The van der Waals surface area contributed by atoms with Crippen LogP contribution in [-0.2, 0) is 22.4 Å². The minimum absolute atomic E-state index is 0.0329. The van der Waals surface area contributed by atoms with Gasteiger partial charge in [-0.25, -0.2) is 0 Å². The molecule has 0 unspecified atom stereocenters. The van der Waals surface area contributed by atoms with Crippen LogP contribution < -0.4 is 25.8 Å². The highest BCUT2D eigenvalue weighted by molar-refractivity contribution is 6.32. The number of nitro groups is 1. The van der Waals surface area contributed by atoms with Crippen molar-refractivity contribution in [1.29, 1.82) is 0 Å². The lowest BCUT2D eigenvalue weighted by atomic mass is 10.1. The number of carbonyl (C=O) groups excluding carboxylic acids is 2. The third-order valence-corrected chi connectivity index (χ3v) is 6.60. The Balaban J connectivity index is 0.000000162. The molecule has 2 aliphatic heterocycles. The molecule has 4 aromatic rings. The minimum Gasteiger partial charge on any atom is -0.455 e. The van der Waals surface area contributed by atoms with E-state index in [0.717, 1.165) is 16.8 Å². The zero-order chi connectivity index (χ0) is 28.4. The largest absolute Gasteiger partial charge is 0.455 e. The van der Waals surface area contributed by atoms with Crippen molar-refractivity contribution in [1.82, 2.24) is 0 Å². The van der Waals surface area contributed by atoms with E-state index in [9.17, 15) is 19.7 Å². The Morgan fingerprint density at radius 3 is 1.70 bits per heavy atom. The number of nitrogen functional groups attached to an aromatic ring is 1. The van der Waals surface area contributed by atoms with E-state index in [1.807, 2.05) is 18.2 Å². The van der Waals surface area contributed by atoms with Crippen LogP contribution in [0.2, 0.25) is 10.0 Å². The first-order chi connectivity index (χ1) is 19.2. The highest BCUT2D eigenvalue weighted by Crippen LogP contribution is 2.39. The van der Waals surface area contributed by atoms with Gasteiger partial charge in [0.15, 0.2) is 0 Å². The number of benzene rings is 4. The molecule has 0 spiro atoms. The molecule has 0 aliphatic carbocycles. The number of nitro benzene ring substituents is 1. The fraction of sp³-hybridized carbons (Fsp3) is 0.0714. The number of nitrogens with two attached hydrogens (primary N) is 1. The molecule has 0 saturated heterocycles. The lowest BCUT2D eigenvalue weighted by molar-refractivity contribution is -0.384. The molecule has 2 heterocycles. The number of ether oxygens (including phenoxy) is 2. The smallest absolute Gasteiger partial charge is 0.271 e. The van der Waals surface area contributed by atoms with Gasteiger partial charge in [0, 0.05) is 40.3 Å². The first-order valence-electron chi connectivity index (χ1n) is 11.9. The van der Waals surface area contributed by atoms with Crippen LogP contribution in [0.15, 0.2) is 72.8 Å². The summed E-state index contributed by atoms with van der Waals surface area (Å²) in [5.41, 5.74) is 9.19. The molecular formula is C28H20Cl2N4O6. The summed E-state index contributed by atoms with van der Waals surface area (Å²) >= 11 is 12.1. The molecule has 6 rings (SSSR count). The predicted octanol–water partition coefficient (Wildman–Crippen LogP) is 6.74. The fourth-order valence-electron chi connectivity index (χ4n) is 4.15. The molecule has 202 valence electrons. The van der Waals surface area contributed by atoms with Crippen molar-refractivity contribution in [2.45, 2.75) is 12.8 Å². The number of anilines is 3. The van der Waals surface area contributed by atoms with Gasteiger partial charge < -0.3 is 25.8 Å². The van der Waals surface area contributed by atoms with Gasteiger partial charge in [0.1, 0.15) is 23.0 Å². The van der Waals surface area contributed by atoms with Gasteiger partial charge in [-0.1, -0.05) is 35.3 Å². The van der Waals surface area contributed by atoms with Gasteiger partial charge in [-0.15, -0.1) is 0 Å². The summed E-state index contributed by atoms with van der Waals surface area (Å²) in [7, 11) is 0. The number of nitrogens with one attached hydrogen (secondary N) is 2. The average molecular weight is 579 g/mol. The van der Waals surface area contributed by atoms with Crippen molar-refractivity contribution >= 4 is 57.8 Å². The fourth-order valence-corrected chi connectivity index (χ4v) is 4.60. The molecule has 2 amide bonds. The zero-order valence-corrected chi connectivity index (χ0v) is 22.1. The Morgan fingerprint density at radius 2 is 1.23 bits per heavy atom. The maximum absolute atomic E-state index is 11.4. The van der Waals surface area contributed by atoms with Crippen molar-refractivity contribution in [3.63, 3.8) is 0 Å². The van der Waals surface area contributed by atoms with Crippen LogP contribution in [0.3, 0.4) is 0 Å². The molecule has 0 fully saturated rings. The standard InChI is InChI=1S/C14H9ClN2O4.C14H11ClN2O2/c15-10-6-8(17(19)20)4-5-13(10)21-12-3-1-2-11-9(12)7-14(18)16-11;15-10-6-8(16)4-5-13(10)19-12-3-1-2-11-9(12)7-14(18)17-11/h1-6H,7H2,(H,16,18);1-6H,7,16H2,(H,17,18). The molecule has 4 N–H and O–H groups in total. The minimum atomic E-state index is -0.529. The van der Waals surface area contributed by atoms with E-state index in [4.69, 9.17) is 38.4 Å². The maximum Gasteiger partial charge on any atom is 0.271 e. The topological polar surface area (TPSA) is 146 Å². The molecule has 0 saturated carbocycles. The second-order valence-electron chi connectivity index (χ2n) is 8.78. The van der Waals surface area contributed by atoms with Crippen LogP contribution >= 0.6 is 23.2 Å². The molecule has 12 heteroatoms. The second kappa shape index (κ2) is 11.1. The van der Waals surface area contributed by atoms with Gasteiger partial charge >= 0.3 is 0 Å². The van der Waals surface area contributed by atoms with Gasteiger partial charge in [-0.05, 0) is 48.5 Å². The monoisotopic (exact) mass is 578 g/mol. The van der Waals surface area contributed by atoms with Crippen LogP contribution in [0, 0.1) is 10.1 Å². The first kappa shape index (κ1) is 26.8. The number of hydrogen-bond acceptors (Lipinski definition) is 7. The quantitative estimate of drug-likeness (QED) is 0.135. The van der Waals surface area contributed by atoms with E-state index in [1.165, 1.54) is 18.2 Å². The highest BCUT2D eigenvalue weighted by Gasteiger charge is 2.23. The summed E-state index contributed by atoms with van der Waals surface area (Å²) in [6.07, 6.45) is 0.550. The van der Waals surface area contributed by atoms with Crippen molar-refractivity contribution in [3.05, 3.63) is 104 Å². The Morgan fingerprint density at radius 1 is 0.725 bits per heavy atom. The lowest BCUT2D eigenvalue weighted by Gasteiger charge is -2.11. The number of amides is 2. The maximum atomic E-state index is 11.4. The molecule has 10 nitrogen and oxygen atoms in total. The zero-order valence-electron chi connectivity index (χ0n) is 20.6. The van der Waals surface area contributed by atoms with E-state index < -0.39 is 4.92 Å². The number of nitrogens with zero attached hydrogens (tertiary/aromatic N) is 1. The number of rotatable bonds is 5. The summed E-state index contributed by atoms with van der Waals surface area (Å²) in [6, 6.07) is 19.8. The van der Waals surface area contributed by atoms with Crippen LogP contribution in [-0.4, -0.2) is 16.7 Å². The first-order valence-corrected chi connectivity index (χ1v) is 12.6. The van der Waals surface area contributed by atoms with E-state index in [1.54, 1.807) is 36.4 Å². The Bertz CT molecular complexity index is 1680. The van der Waals surface area contributed by atoms with Crippen molar-refractivity contribution in [2.24, 2.45) is 0 Å². The molecule has 0 radical (unpaired) electrons. The Kier molecular flexibility index (Phi) is 7.45. The number of non-ortho nitro benzene ring substituents is 1. The summed E-state index contributed by atoms with van der Waals surface area (Å²) in [4.78, 5) is 33.0. The summed E-state index contributed by atoms with van der Waals surface area (Å²) < 4.78 is 11.5. The van der Waals surface area contributed by atoms with Crippen molar-refractivity contribution < 1.29 is 24.0 Å². The van der Waals surface area contributed by atoms with Crippen molar-refractivity contribution in [2.75, 3.05) is 16.4 Å². The second-order valence-corrected chi connectivity index (χ2v) is 9.59. The summed E-state index contributed by atoms with van der Waals surface area (Å²) in [5, 5.41) is 16.7. The SMILES string of the molecule is Nc1ccc(Oc2cccc3c2CC(=O)N3)c(Cl)c1.O=C1Cc2c(cccc2Oc2ccc([N+](=O)[O-])cc2Cl)N1. The molecule has 40 heavy (non-hydrogen) atoms. The van der Waals surface area contributed by atoms with Gasteiger partial charge in [-0.2, -0.15) is 0 Å². The summed E-state index contributed by atoms with van der Waals surface area (Å²) in [5.74, 6) is 1.81. The van der Waals surface area contributed by atoms with Crippen molar-refractivity contribution in [3.8, 4) is 23.0 Å². The molecule has 0 bridgehead atoms. The predicted molar refractivity (Wildman–Crippen MR) is 152 cm³/mol. The van der Waals surface area contributed by atoms with E-state index >= 15 is 0 Å². The Labute approximate surface area is 237 Å². The van der Waals surface area contributed by atoms with E-state index in [0.29, 0.717) is 45.8 Å². The van der Waals surface area contributed by atoms with Crippen LogP contribution in [0.5, 0.6) is 23.0 Å². The van der Waals surface area contributed by atoms with Crippen LogP contribution in [0.25, 0.3) is 0 Å². The van der Waals surface area contributed by atoms with Gasteiger partial charge in [0.05, 0.1) is 27.8 Å². The molecular weight excluding hydrogens is 559 g/mol. The van der Waals surface area contributed by atoms with Gasteiger partial charge in [-0.3, -0.25) is 19.7 Å². The normalized spacial score (nSPS) is 12.8. The number of carbonyl (C=O) groups is 2. The summed E-state index contributed by atoms with van der Waals surface area (Å²) in [6.45, 7) is 0. The third-order valence-electron chi connectivity index (χ3n) is 6.01. The van der Waals surface area contributed by atoms with E-state index in [2.05, 4.69) is 10.6 Å². The Hall–Kier alpha value is -4.80. The lowest BCUT2D eigenvalue weighted by Crippen LogP contribution is -2.03. The number of hydrogen-bond donors (Lipinski definition) is 3. The molecule has 2 aliphatic rings. The molecule has 0 aromatic heterocycles. The molecule has 0 atom stereocenters. The van der Waals surface area contributed by atoms with E-state index in [-0.39, 0.29) is 28.9 Å². The number of fused-ring (bicyclic) bond motifs is 2. The third kappa shape index (κ3) is 5.78. The molecule has 4 aromatic carbocycles.